The van der Waals surface area contributed by atoms with Gasteiger partial charge < -0.3 is 5.11 Å². The van der Waals surface area contributed by atoms with Gasteiger partial charge in [-0.05, 0) is 12.1 Å². The van der Waals surface area contributed by atoms with Crippen LogP contribution in [0.15, 0.2) is 34.5 Å². The Morgan fingerprint density at radius 2 is 2.05 bits per heavy atom. The third-order valence-electron chi connectivity index (χ3n) is 2.65. The summed E-state index contributed by atoms with van der Waals surface area (Å²) in [7, 11) is -2.71. The molecular weight excluding hydrogens is 340 g/mol. The molecule has 7 nitrogen and oxygen atoms in total. The van der Waals surface area contributed by atoms with Crippen LogP contribution in [0.25, 0.3) is 0 Å². The van der Waals surface area contributed by atoms with E-state index < -0.39 is 20.6 Å². The predicted octanol–water partition coefficient (Wildman–Crippen LogP) is 2.84. The third-order valence-corrected chi connectivity index (χ3v) is 6.22. The lowest BCUT2D eigenvalue weighted by Crippen LogP contribution is -2.25. The molecule has 0 amide bonds. The fourth-order valence-corrected chi connectivity index (χ4v) is 4.58. The molecule has 0 aliphatic rings. The Labute approximate surface area is 129 Å². The summed E-state index contributed by atoms with van der Waals surface area (Å²) >= 11 is 6.28. The van der Waals surface area contributed by atoms with Crippen molar-refractivity contribution in [2.45, 2.75) is 4.21 Å². The summed E-state index contributed by atoms with van der Waals surface area (Å²) in [6, 6.07) is 6.56. The van der Waals surface area contributed by atoms with Crippen molar-refractivity contribution in [3.05, 3.63) is 44.8 Å². The van der Waals surface area contributed by atoms with Crippen LogP contribution in [0.1, 0.15) is 0 Å². The zero-order chi connectivity index (χ0) is 15.8. The monoisotopic (exact) mass is 348 g/mol. The second kappa shape index (κ2) is 5.51. The van der Waals surface area contributed by atoms with Crippen LogP contribution >= 0.6 is 22.9 Å². The van der Waals surface area contributed by atoms with Gasteiger partial charge in [-0.3, -0.25) is 14.4 Å². The normalized spacial score (nSPS) is 11.3. The van der Waals surface area contributed by atoms with E-state index in [1.165, 1.54) is 31.3 Å². The van der Waals surface area contributed by atoms with E-state index in [0.717, 1.165) is 10.4 Å². The largest absolute Gasteiger partial charge is 0.508 e. The first-order valence-corrected chi connectivity index (χ1v) is 8.08. The number of benzene rings is 1. The molecule has 2 rings (SSSR count). The summed E-state index contributed by atoms with van der Waals surface area (Å²) in [6.45, 7) is 0. The van der Waals surface area contributed by atoms with Gasteiger partial charge in [-0.15, -0.1) is 11.3 Å². The number of phenols is 1. The SMILES string of the molecule is CN(c1cccc(O)c1)S(=O)(=O)c1cc([N+](=O)[O-])c(Cl)s1. The van der Waals surface area contributed by atoms with Crippen molar-refractivity contribution < 1.29 is 18.4 Å². The van der Waals surface area contributed by atoms with Gasteiger partial charge in [0.1, 0.15) is 9.96 Å². The molecule has 112 valence electrons. The molecule has 0 fully saturated rings. The standard InChI is InChI=1S/C11H9ClN2O5S2/c1-13(7-3-2-4-8(15)5-7)21(18,19)10-6-9(14(16)17)11(12)20-10/h2-6,15H,1H3. The molecule has 1 heterocycles. The van der Waals surface area contributed by atoms with Crippen molar-refractivity contribution in [1.82, 2.24) is 0 Å². The first kappa shape index (κ1) is 15.5. The smallest absolute Gasteiger partial charge is 0.300 e. The van der Waals surface area contributed by atoms with Crippen LogP contribution in [-0.4, -0.2) is 25.5 Å². The van der Waals surface area contributed by atoms with Gasteiger partial charge in [-0.2, -0.15) is 0 Å². The number of halogens is 1. The lowest BCUT2D eigenvalue weighted by molar-refractivity contribution is -0.384. The number of phenolic OH excluding ortho intramolecular Hbond substituents is 1. The average molecular weight is 349 g/mol. The van der Waals surface area contributed by atoms with Crippen molar-refractivity contribution in [3.8, 4) is 5.75 Å². The fraction of sp³-hybridized carbons (Fsp3) is 0.0909. The van der Waals surface area contributed by atoms with Gasteiger partial charge in [0.25, 0.3) is 15.7 Å². The molecule has 0 radical (unpaired) electrons. The molecule has 0 unspecified atom stereocenters. The van der Waals surface area contributed by atoms with Crippen LogP contribution in [0.3, 0.4) is 0 Å². The minimum atomic E-state index is -3.99. The van der Waals surface area contributed by atoms with Crippen molar-refractivity contribution in [2.24, 2.45) is 0 Å². The summed E-state index contributed by atoms with van der Waals surface area (Å²) in [4.78, 5) is 9.99. The molecule has 2 aromatic rings. The summed E-state index contributed by atoms with van der Waals surface area (Å²) in [5.74, 6) is -0.0928. The van der Waals surface area contributed by atoms with E-state index in [-0.39, 0.29) is 20.0 Å². The van der Waals surface area contributed by atoms with E-state index >= 15 is 0 Å². The molecule has 0 saturated heterocycles. The Hall–Kier alpha value is -1.84. The van der Waals surface area contributed by atoms with Gasteiger partial charge in [0, 0.05) is 19.2 Å². The fourth-order valence-electron chi connectivity index (χ4n) is 1.55. The van der Waals surface area contributed by atoms with Crippen LogP contribution in [-0.2, 0) is 10.0 Å². The highest BCUT2D eigenvalue weighted by atomic mass is 35.5. The number of rotatable bonds is 4. The summed E-state index contributed by atoms with van der Waals surface area (Å²) < 4.78 is 25.3. The van der Waals surface area contributed by atoms with Crippen LogP contribution in [0.4, 0.5) is 11.4 Å². The van der Waals surface area contributed by atoms with Crippen LogP contribution in [0.2, 0.25) is 4.34 Å². The molecule has 0 atom stereocenters. The van der Waals surface area contributed by atoms with Gasteiger partial charge >= 0.3 is 0 Å². The van der Waals surface area contributed by atoms with E-state index in [2.05, 4.69) is 0 Å². The highest BCUT2D eigenvalue weighted by molar-refractivity contribution is 7.94. The number of nitrogens with zero attached hydrogens (tertiary/aromatic N) is 2. The molecule has 0 spiro atoms. The lowest BCUT2D eigenvalue weighted by Gasteiger charge is -2.18. The predicted molar refractivity (Wildman–Crippen MR) is 79.7 cm³/mol. The molecule has 0 saturated carbocycles. The number of sulfonamides is 1. The Balaban J connectivity index is 2.47. The Morgan fingerprint density at radius 3 is 2.57 bits per heavy atom. The minimum Gasteiger partial charge on any atom is -0.508 e. The number of thiophene rings is 1. The second-order valence-electron chi connectivity index (χ2n) is 3.97. The molecule has 0 aliphatic heterocycles. The first-order valence-electron chi connectivity index (χ1n) is 5.45. The number of nitro groups is 1. The number of aromatic hydroxyl groups is 1. The number of hydrogen-bond donors (Lipinski definition) is 1. The second-order valence-corrected chi connectivity index (χ2v) is 7.82. The Morgan fingerprint density at radius 1 is 1.38 bits per heavy atom. The summed E-state index contributed by atoms with van der Waals surface area (Å²) in [5.41, 5.74) is -0.230. The molecular formula is C11H9ClN2O5S2. The van der Waals surface area contributed by atoms with E-state index in [9.17, 15) is 23.6 Å². The molecule has 10 heteroatoms. The molecule has 1 N–H and O–H groups in total. The van der Waals surface area contributed by atoms with E-state index in [4.69, 9.17) is 11.6 Å². The molecule has 21 heavy (non-hydrogen) atoms. The maximum Gasteiger partial charge on any atom is 0.300 e. The lowest BCUT2D eigenvalue weighted by atomic mass is 10.3. The van der Waals surface area contributed by atoms with Gasteiger partial charge in [0.05, 0.1) is 10.6 Å². The molecule has 1 aromatic carbocycles. The minimum absolute atomic E-state index is 0.0928. The number of anilines is 1. The van der Waals surface area contributed by atoms with E-state index in [0.29, 0.717) is 11.3 Å². The summed E-state index contributed by atoms with van der Waals surface area (Å²) in [6.07, 6.45) is 0. The van der Waals surface area contributed by atoms with Crippen molar-refractivity contribution in [3.63, 3.8) is 0 Å². The van der Waals surface area contributed by atoms with Gasteiger partial charge in [-0.25, -0.2) is 8.42 Å². The van der Waals surface area contributed by atoms with Crippen molar-refractivity contribution in [2.75, 3.05) is 11.4 Å². The molecule has 1 aromatic heterocycles. The van der Waals surface area contributed by atoms with Crippen LogP contribution < -0.4 is 4.31 Å². The zero-order valence-corrected chi connectivity index (χ0v) is 12.9. The average Bonchev–Trinajstić information content (AvgIpc) is 2.80. The quantitative estimate of drug-likeness (QED) is 0.676. The van der Waals surface area contributed by atoms with Gasteiger partial charge in [0.2, 0.25) is 0 Å². The Kier molecular flexibility index (Phi) is 4.08. The highest BCUT2D eigenvalue weighted by Crippen LogP contribution is 2.38. The van der Waals surface area contributed by atoms with Crippen molar-refractivity contribution >= 4 is 44.3 Å². The third kappa shape index (κ3) is 2.94. The van der Waals surface area contributed by atoms with E-state index in [1.54, 1.807) is 0 Å². The molecule has 0 aliphatic carbocycles. The summed E-state index contributed by atoms with van der Waals surface area (Å²) in [5, 5.41) is 20.1. The van der Waals surface area contributed by atoms with Gasteiger partial charge in [0.15, 0.2) is 4.34 Å². The Bertz CT molecular complexity index is 803. The van der Waals surface area contributed by atoms with Crippen molar-refractivity contribution in [1.29, 1.82) is 0 Å². The highest BCUT2D eigenvalue weighted by Gasteiger charge is 2.28. The topological polar surface area (TPSA) is 101 Å². The maximum atomic E-state index is 12.4. The van der Waals surface area contributed by atoms with Crippen LogP contribution in [0, 0.1) is 10.1 Å². The van der Waals surface area contributed by atoms with Crippen LogP contribution in [0.5, 0.6) is 5.75 Å². The van der Waals surface area contributed by atoms with E-state index in [1.807, 2.05) is 0 Å². The maximum absolute atomic E-state index is 12.4. The number of hydrogen-bond acceptors (Lipinski definition) is 6. The first-order chi connectivity index (χ1) is 9.73. The van der Waals surface area contributed by atoms with Gasteiger partial charge in [-0.1, -0.05) is 17.7 Å². The molecule has 0 bridgehead atoms. The zero-order valence-electron chi connectivity index (χ0n) is 10.6.